The van der Waals surface area contributed by atoms with Gasteiger partial charge in [-0.1, -0.05) is 11.6 Å². The molecule has 1 N–H and O–H groups in total. The lowest BCUT2D eigenvalue weighted by molar-refractivity contribution is -0.119. The third-order valence-corrected chi connectivity index (χ3v) is 4.64. The van der Waals surface area contributed by atoms with Crippen molar-refractivity contribution in [2.24, 2.45) is 0 Å². The number of hydrogen-bond acceptors (Lipinski definition) is 4. The van der Waals surface area contributed by atoms with E-state index in [1.165, 1.54) is 13.1 Å². The smallest absolute Gasteiger partial charge is 0.292 e. The van der Waals surface area contributed by atoms with E-state index in [0.717, 1.165) is 16.8 Å². The molecule has 1 aliphatic heterocycles. The van der Waals surface area contributed by atoms with E-state index in [1.807, 2.05) is 4.90 Å². The third kappa shape index (κ3) is 3.70. The Morgan fingerprint density at radius 1 is 1.27 bits per heavy atom. The molecule has 1 aromatic heterocycles. The van der Waals surface area contributed by atoms with Crippen LogP contribution in [0.4, 0.5) is 14.5 Å². The lowest BCUT2D eigenvalue weighted by atomic mass is 10.0. The molecule has 6 nitrogen and oxygen atoms in total. The molecule has 138 valence electrons. The summed E-state index contributed by atoms with van der Waals surface area (Å²) in [5, 5.41) is 6.78. The first kappa shape index (κ1) is 18.3. The summed E-state index contributed by atoms with van der Waals surface area (Å²) in [6.07, 6.45) is 2.82. The molecule has 1 fully saturated rings. The zero-order valence-corrected chi connectivity index (χ0v) is 14.8. The number of halogens is 3. The quantitative estimate of drug-likeness (QED) is 0.884. The van der Waals surface area contributed by atoms with Crippen LogP contribution in [0.3, 0.4) is 0 Å². The minimum Gasteiger partial charge on any atom is -0.369 e. The summed E-state index contributed by atoms with van der Waals surface area (Å²) in [5.74, 6) is -1.73. The maximum atomic E-state index is 13.9. The molecule has 26 heavy (non-hydrogen) atoms. The molecule has 1 amide bonds. The van der Waals surface area contributed by atoms with Crippen LogP contribution in [0.5, 0.6) is 0 Å². The van der Waals surface area contributed by atoms with Crippen LogP contribution in [0.1, 0.15) is 19.8 Å². The Balaban J connectivity index is 1.85. The number of nitrogens with zero attached hydrogens (tertiary/aromatic N) is 3. The Morgan fingerprint density at radius 2 is 1.96 bits per heavy atom. The number of rotatable bonds is 3. The van der Waals surface area contributed by atoms with E-state index < -0.39 is 17.2 Å². The van der Waals surface area contributed by atoms with Gasteiger partial charge in [0.2, 0.25) is 5.91 Å². The fourth-order valence-electron chi connectivity index (χ4n) is 3.02. The van der Waals surface area contributed by atoms with E-state index in [9.17, 15) is 18.4 Å². The fourth-order valence-corrected chi connectivity index (χ4v) is 3.27. The van der Waals surface area contributed by atoms with Crippen molar-refractivity contribution in [3.63, 3.8) is 0 Å². The van der Waals surface area contributed by atoms with Crippen LogP contribution in [-0.4, -0.2) is 34.8 Å². The monoisotopic (exact) mass is 382 g/mol. The summed E-state index contributed by atoms with van der Waals surface area (Å²) < 4.78 is 27.8. The molecule has 0 spiro atoms. The molecule has 0 atom stereocenters. The van der Waals surface area contributed by atoms with E-state index >= 15 is 0 Å². The highest BCUT2D eigenvalue weighted by Crippen LogP contribution is 2.25. The molecule has 1 aromatic carbocycles. The van der Waals surface area contributed by atoms with Gasteiger partial charge in [-0.2, -0.15) is 9.78 Å². The minimum absolute atomic E-state index is 0.0768. The summed E-state index contributed by atoms with van der Waals surface area (Å²) in [6.45, 7) is 2.67. The second-order valence-corrected chi connectivity index (χ2v) is 6.50. The van der Waals surface area contributed by atoms with Crippen molar-refractivity contribution in [2.45, 2.75) is 25.8 Å². The van der Waals surface area contributed by atoms with Gasteiger partial charge in [0.15, 0.2) is 5.82 Å². The predicted octanol–water partition coefficient (Wildman–Crippen LogP) is 2.27. The van der Waals surface area contributed by atoms with E-state index in [0.29, 0.717) is 37.7 Å². The van der Waals surface area contributed by atoms with E-state index in [-0.39, 0.29) is 22.7 Å². The Bertz CT molecular complexity index is 895. The van der Waals surface area contributed by atoms with Crippen molar-refractivity contribution in [3.8, 4) is 5.69 Å². The molecule has 0 aliphatic carbocycles. The Labute approximate surface area is 153 Å². The van der Waals surface area contributed by atoms with Gasteiger partial charge < -0.3 is 10.2 Å². The first-order valence-corrected chi connectivity index (χ1v) is 8.50. The van der Waals surface area contributed by atoms with Crippen LogP contribution >= 0.6 is 11.6 Å². The van der Waals surface area contributed by atoms with Crippen LogP contribution in [-0.2, 0) is 4.79 Å². The standard InChI is InChI=1S/C17H17ClF2N4O2/c1-10(25)22-12-4-6-23(7-5-12)15-9-21-24(17(26)16(15)18)14-3-2-11(19)8-13(14)20/h2-3,8-9,12H,4-7H2,1H3,(H,22,25). The highest BCUT2D eigenvalue weighted by molar-refractivity contribution is 6.33. The molecule has 0 saturated carbocycles. The van der Waals surface area contributed by atoms with Gasteiger partial charge >= 0.3 is 0 Å². The second kappa shape index (κ2) is 7.41. The molecule has 0 unspecified atom stereocenters. The average Bonchev–Trinajstić information content (AvgIpc) is 2.58. The summed E-state index contributed by atoms with van der Waals surface area (Å²) in [6, 6.07) is 2.94. The SMILES string of the molecule is CC(=O)NC1CCN(c2cnn(-c3ccc(F)cc3F)c(=O)c2Cl)CC1. The van der Waals surface area contributed by atoms with E-state index in [1.54, 1.807) is 0 Å². The lowest BCUT2D eigenvalue weighted by Gasteiger charge is -2.33. The summed E-state index contributed by atoms with van der Waals surface area (Å²) >= 11 is 6.20. The Hall–Kier alpha value is -2.48. The van der Waals surface area contributed by atoms with Gasteiger partial charge in [0, 0.05) is 32.1 Å². The molecule has 0 radical (unpaired) electrons. The van der Waals surface area contributed by atoms with Gasteiger partial charge in [-0.05, 0) is 25.0 Å². The number of carbonyl (C=O) groups is 1. The molecule has 0 bridgehead atoms. The zero-order valence-electron chi connectivity index (χ0n) is 14.0. The number of nitrogens with one attached hydrogen (secondary N) is 1. The number of amides is 1. The van der Waals surface area contributed by atoms with Crippen LogP contribution in [0.2, 0.25) is 5.02 Å². The zero-order chi connectivity index (χ0) is 18.8. The van der Waals surface area contributed by atoms with Gasteiger partial charge in [0.25, 0.3) is 5.56 Å². The van der Waals surface area contributed by atoms with Gasteiger partial charge in [-0.15, -0.1) is 0 Å². The van der Waals surface area contributed by atoms with Gasteiger partial charge in [-0.3, -0.25) is 9.59 Å². The molecular formula is C17H17ClF2N4O2. The van der Waals surface area contributed by atoms with Crippen molar-refractivity contribution in [3.05, 3.63) is 51.4 Å². The Kier molecular flexibility index (Phi) is 5.22. The maximum Gasteiger partial charge on any atom is 0.292 e. The van der Waals surface area contributed by atoms with Crippen LogP contribution < -0.4 is 15.8 Å². The first-order valence-electron chi connectivity index (χ1n) is 8.12. The molecule has 9 heteroatoms. The van der Waals surface area contributed by atoms with Crippen LogP contribution in [0, 0.1) is 11.6 Å². The van der Waals surface area contributed by atoms with Crippen molar-refractivity contribution < 1.29 is 13.6 Å². The second-order valence-electron chi connectivity index (χ2n) is 6.12. The van der Waals surface area contributed by atoms with Crippen LogP contribution in [0.15, 0.2) is 29.2 Å². The van der Waals surface area contributed by atoms with Crippen molar-refractivity contribution in [1.29, 1.82) is 0 Å². The molecule has 1 aliphatic rings. The molecular weight excluding hydrogens is 366 g/mol. The van der Waals surface area contributed by atoms with E-state index in [4.69, 9.17) is 11.6 Å². The maximum absolute atomic E-state index is 13.9. The number of benzene rings is 1. The molecule has 3 rings (SSSR count). The Morgan fingerprint density at radius 3 is 2.58 bits per heavy atom. The third-order valence-electron chi connectivity index (χ3n) is 4.28. The number of anilines is 1. The highest BCUT2D eigenvalue weighted by Gasteiger charge is 2.23. The predicted molar refractivity (Wildman–Crippen MR) is 93.8 cm³/mol. The lowest BCUT2D eigenvalue weighted by Crippen LogP contribution is -2.44. The molecule has 2 heterocycles. The molecule has 2 aromatic rings. The summed E-state index contributed by atoms with van der Waals surface area (Å²) in [4.78, 5) is 25.5. The van der Waals surface area contributed by atoms with Crippen molar-refractivity contribution >= 4 is 23.2 Å². The first-order chi connectivity index (χ1) is 12.4. The number of hydrogen-bond donors (Lipinski definition) is 1. The largest absolute Gasteiger partial charge is 0.369 e. The number of aromatic nitrogens is 2. The minimum atomic E-state index is -0.903. The summed E-state index contributed by atoms with van der Waals surface area (Å²) in [5.41, 5.74) is -0.399. The highest BCUT2D eigenvalue weighted by atomic mass is 35.5. The topological polar surface area (TPSA) is 67.2 Å². The average molecular weight is 383 g/mol. The normalized spacial score (nSPS) is 15.2. The van der Waals surface area contributed by atoms with Crippen molar-refractivity contribution in [1.82, 2.24) is 15.1 Å². The number of carbonyl (C=O) groups excluding carboxylic acids is 1. The fraction of sp³-hybridized carbons (Fsp3) is 0.353. The van der Waals surface area contributed by atoms with Crippen molar-refractivity contribution in [2.75, 3.05) is 18.0 Å². The van der Waals surface area contributed by atoms with E-state index in [2.05, 4.69) is 10.4 Å². The molecule has 1 saturated heterocycles. The number of piperidine rings is 1. The van der Waals surface area contributed by atoms with Crippen LogP contribution in [0.25, 0.3) is 5.69 Å². The summed E-state index contributed by atoms with van der Waals surface area (Å²) in [7, 11) is 0. The van der Waals surface area contributed by atoms with Gasteiger partial charge in [0.05, 0.1) is 11.9 Å². The van der Waals surface area contributed by atoms with Gasteiger partial charge in [0.1, 0.15) is 16.5 Å². The van der Waals surface area contributed by atoms with Gasteiger partial charge in [-0.25, -0.2) is 8.78 Å².